The first-order valence-electron chi connectivity index (χ1n) is 7.83. The lowest BCUT2D eigenvalue weighted by atomic mass is 9.78. The number of carbonyl (C=O) groups excluding carboxylic acids is 1. The molecule has 2 heterocycles. The third-order valence-electron chi connectivity index (χ3n) is 4.66. The van der Waals surface area contributed by atoms with Crippen LogP contribution >= 0.6 is 0 Å². The van der Waals surface area contributed by atoms with Crippen molar-refractivity contribution in [2.75, 3.05) is 18.4 Å². The van der Waals surface area contributed by atoms with Crippen LogP contribution in [0.3, 0.4) is 0 Å². The Morgan fingerprint density at radius 1 is 1.26 bits per heavy atom. The van der Waals surface area contributed by atoms with Gasteiger partial charge in [-0.1, -0.05) is 13.8 Å². The van der Waals surface area contributed by atoms with E-state index in [9.17, 15) is 18.3 Å². The van der Waals surface area contributed by atoms with Gasteiger partial charge in [-0.15, -0.1) is 0 Å². The molecular formula is C16H22N2O4S. The average Bonchev–Trinajstić information content (AvgIpc) is 2.46. The van der Waals surface area contributed by atoms with Gasteiger partial charge in [0.05, 0.1) is 11.0 Å². The SMILES string of the molecule is CC1(C)CC(=O)Nc2ccc(S(=O)(=O)N3CCC(O)CC3)cc21. The van der Waals surface area contributed by atoms with Gasteiger partial charge in [-0.25, -0.2) is 8.42 Å². The van der Waals surface area contributed by atoms with Crippen LogP contribution in [-0.4, -0.2) is 42.9 Å². The van der Waals surface area contributed by atoms with Crippen molar-refractivity contribution < 1.29 is 18.3 Å². The second-order valence-corrected chi connectivity index (χ2v) is 8.89. The molecule has 0 atom stereocenters. The van der Waals surface area contributed by atoms with E-state index in [0.717, 1.165) is 5.56 Å². The molecule has 1 aromatic rings. The molecule has 1 amide bonds. The Morgan fingerprint density at radius 3 is 2.57 bits per heavy atom. The zero-order valence-electron chi connectivity index (χ0n) is 13.4. The number of sulfonamides is 1. The van der Waals surface area contributed by atoms with Crippen molar-refractivity contribution in [2.24, 2.45) is 0 Å². The maximum Gasteiger partial charge on any atom is 0.243 e. The number of nitrogens with zero attached hydrogens (tertiary/aromatic N) is 1. The van der Waals surface area contributed by atoms with Crippen molar-refractivity contribution in [1.29, 1.82) is 0 Å². The summed E-state index contributed by atoms with van der Waals surface area (Å²) in [6.45, 7) is 4.55. The second kappa shape index (κ2) is 5.58. The number of hydrogen-bond donors (Lipinski definition) is 2. The van der Waals surface area contributed by atoms with Crippen molar-refractivity contribution in [2.45, 2.75) is 49.5 Å². The molecule has 0 unspecified atom stereocenters. The molecular weight excluding hydrogens is 316 g/mol. The highest BCUT2D eigenvalue weighted by molar-refractivity contribution is 7.89. The molecule has 0 radical (unpaired) electrons. The summed E-state index contributed by atoms with van der Waals surface area (Å²) in [5, 5.41) is 12.4. The van der Waals surface area contributed by atoms with E-state index in [2.05, 4.69) is 5.32 Å². The van der Waals surface area contributed by atoms with Gasteiger partial charge in [0, 0.05) is 30.6 Å². The molecule has 1 saturated heterocycles. The fourth-order valence-corrected chi connectivity index (χ4v) is 4.77. The van der Waals surface area contributed by atoms with E-state index in [0.29, 0.717) is 38.0 Å². The van der Waals surface area contributed by atoms with Crippen molar-refractivity contribution in [3.8, 4) is 0 Å². The molecule has 7 heteroatoms. The number of benzene rings is 1. The van der Waals surface area contributed by atoms with Gasteiger partial charge in [0.2, 0.25) is 15.9 Å². The van der Waals surface area contributed by atoms with Gasteiger partial charge in [0.25, 0.3) is 0 Å². The lowest BCUT2D eigenvalue weighted by Crippen LogP contribution is -2.40. The summed E-state index contributed by atoms with van der Waals surface area (Å²) in [6.07, 6.45) is 0.843. The summed E-state index contributed by atoms with van der Waals surface area (Å²) >= 11 is 0. The molecule has 1 aromatic carbocycles. The number of anilines is 1. The van der Waals surface area contributed by atoms with E-state index in [-0.39, 0.29) is 10.8 Å². The minimum Gasteiger partial charge on any atom is -0.393 e. The number of nitrogens with one attached hydrogen (secondary N) is 1. The number of carbonyl (C=O) groups is 1. The summed E-state index contributed by atoms with van der Waals surface area (Å²) in [4.78, 5) is 12.0. The van der Waals surface area contributed by atoms with Gasteiger partial charge in [-0.2, -0.15) is 4.31 Å². The van der Waals surface area contributed by atoms with Crippen LogP contribution in [0, 0.1) is 0 Å². The second-order valence-electron chi connectivity index (χ2n) is 6.95. The molecule has 0 bridgehead atoms. The van der Waals surface area contributed by atoms with Crippen LogP contribution in [0.1, 0.15) is 38.7 Å². The third-order valence-corrected chi connectivity index (χ3v) is 6.55. The van der Waals surface area contributed by atoms with E-state index in [4.69, 9.17) is 0 Å². The Morgan fingerprint density at radius 2 is 1.91 bits per heavy atom. The molecule has 2 N–H and O–H groups in total. The van der Waals surface area contributed by atoms with Crippen LogP contribution in [0.25, 0.3) is 0 Å². The highest BCUT2D eigenvalue weighted by atomic mass is 32.2. The van der Waals surface area contributed by atoms with Crippen LogP contribution in [0.2, 0.25) is 0 Å². The van der Waals surface area contributed by atoms with Crippen LogP contribution < -0.4 is 5.32 Å². The number of piperidine rings is 1. The number of fused-ring (bicyclic) bond motifs is 1. The molecule has 0 saturated carbocycles. The summed E-state index contributed by atoms with van der Waals surface area (Å²) in [5.74, 6) is -0.0527. The Labute approximate surface area is 136 Å². The molecule has 6 nitrogen and oxygen atoms in total. The van der Waals surface area contributed by atoms with Crippen molar-refractivity contribution >= 4 is 21.6 Å². The lowest BCUT2D eigenvalue weighted by molar-refractivity contribution is -0.117. The standard InChI is InChI=1S/C16H22N2O4S/c1-16(2)10-15(20)17-14-4-3-12(9-13(14)16)23(21,22)18-7-5-11(19)6-8-18/h3-4,9,11,19H,5-8,10H2,1-2H3,(H,17,20). The van der Waals surface area contributed by atoms with Gasteiger partial charge in [-0.3, -0.25) is 4.79 Å². The summed E-state index contributed by atoms with van der Waals surface area (Å²) in [7, 11) is -3.57. The predicted octanol–water partition coefficient (Wildman–Crippen LogP) is 1.45. The van der Waals surface area contributed by atoms with E-state index in [1.165, 1.54) is 4.31 Å². The molecule has 1 fully saturated rings. The zero-order valence-corrected chi connectivity index (χ0v) is 14.2. The molecule has 0 aliphatic carbocycles. The van der Waals surface area contributed by atoms with Crippen LogP contribution in [0.4, 0.5) is 5.69 Å². The van der Waals surface area contributed by atoms with E-state index in [1.54, 1.807) is 18.2 Å². The Kier molecular flexibility index (Phi) is 3.98. The number of hydrogen-bond acceptors (Lipinski definition) is 4. The average molecular weight is 338 g/mol. The van der Waals surface area contributed by atoms with Crippen molar-refractivity contribution in [1.82, 2.24) is 4.31 Å². The first-order valence-corrected chi connectivity index (χ1v) is 9.27. The van der Waals surface area contributed by atoms with Gasteiger partial charge >= 0.3 is 0 Å². The molecule has 23 heavy (non-hydrogen) atoms. The molecule has 0 aromatic heterocycles. The molecule has 2 aliphatic rings. The first kappa shape index (κ1) is 16.4. The van der Waals surface area contributed by atoms with Crippen molar-refractivity contribution in [3.05, 3.63) is 23.8 Å². The largest absolute Gasteiger partial charge is 0.393 e. The van der Waals surface area contributed by atoms with Crippen LogP contribution in [0.15, 0.2) is 23.1 Å². The monoisotopic (exact) mass is 338 g/mol. The number of rotatable bonds is 2. The summed E-state index contributed by atoms with van der Waals surface area (Å²) in [6, 6.07) is 4.88. The zero-order chi connectivity index (χ0) is 16.8. The van der Waals surface area contributed by atoms with Crippen LogP contribution in [0.5, 0.6) is 0 Å². The van der Waals surface area contributed by atoms with E-state index in [1.807, 2.05) is 13.8 Å². The smallest absolute Gasteiger partial charge is 0.243 e. The quantitative estimate of drug-likeness (QED) is 0.854. The third kappa shape index (κ3) is 3.00. The lowest BCUT2D eigenvalue weighted by Gasteiger charge is -2.33. The topological polar surface area (TPSA) is 86.7 Å². The van der Waals surface area contributed by atoms with Gasteiger partial charge in [0.1, 0.15) is 0 Å². The minimum absolute atomic E-state index is 0.0527. The maximum absolute atomic E-state index is 12.8. The normalized spacial score (nSPS) is 22.5. The van der Waals surface area contributed by atoms with Crippen molar-refractivity contribution in [3.63, 3.8) is 0 Å². The highest BCUT2D eigenvalue weighted by Gasteiger charge is 2.34. The summed E-state index contributed by atoms with van der Waals surface area (Å²) in [5.41, 5.74) is 1.12. The van der Waals surface area contributed by atoms with E-state index >= 15 is 0 Å². The molecule has 2 aliphatic heterocycles. The van der Waals surface area contributed by atoms with Gasteiger partial charge in [-0.05, 0) is 36.6 Å². The maximum atomic E-state index is 12.8. The highest BCUT2D eigenvalue weighted by Crippen LogP contribution is 2.38. The summed E-state index contributed by atoms with van der Waals surface area (Å²) < 4.78 is 27.1. The number of aliphatic hydroxyl groups is 1. The molecule has 126 valence electrons. The van der Waals surface area contributed by atoms with E-state index < -0.39 is 21.5 Å². The fraction of sp³-hybridized carbons (Fsp3) is 0.562. The Hall–Kier alpha value is -1.44. The fourth-order valence-electron chi connectivity index (χ4n) is 3.28. The predicted molar refractivity (Wildman–Crippen MR) is 86.7 cm³/mol. The Bertz CT molecular complexity index is 734. The molecule has 3 rings (SSSR count). The first-order chi connectivity index (χ1) is 10.7. The number of amides is 1. The Balaban J connectivity index is 1.97. The number of aliphatic hydroxyl groups excluding tert-OH is 1. The molecule has 0 spiro atoms. The van der Waals surface area contributed by atoms with Gasteiger partial charge in [0.15, 0.2) is 0 Å². The minimum atomic E-state index is -3.57. The van der Waals surface area contributed by atoms with Gasteiger partial charge < -0.3 is 10.4 Å². The van der Waals surface area contributed by atoms with Crippen LogP contribution in [-0.2, 0) is 20.2 Å².